The Balaban J connectivity index is 1.87. The molecule has 44 heavy (non-hydrogen) atoms. The molecule has 0 aromatic heterocycles. The zero-order valence-corrected chi connectivity index (χ0v) is 26.5. The Labute approximate surface area is 261 Å². The first-order valence-electron chi connectivity index (χ1n) is 16.5. The van der Waals surface area contributed by atoms with Gasteiger partial charge in [-0.2, -0.15) is 0 Å². The highest BCUT2D eigenvalue weighted by molar-refractivity contribution is 5.68. The molecule has 0 bridgehead atoms. The summed E-state index contributed by atoms with van der Waals surface area (Å²) in [6.07, 6.45) is -0.448. The fourth-order valence-corrected chi connectivity index (χ4v) is 5.74. The molecule has 2 heterocycles. The van der Waals surface area contributed by atoms with Crippen molar-refractivity contribution in [2.24, 2.45) is 0 Å². The molecular weight excluding hydrogens is 580 g/mol. The van der Waals surface area contributed by atoms with Crippen molar-refractivity contribution in [3.63, 3.8) is 0 Å². The molecule has 0 aromatic carbocycles. The summed E-state index contributed by atoms with van der Waals surface area (Å²) in [5.74, 6) is -0.162. The summed E-state index contributed by atoms with van der Waals surface area (Å²) in [6.45, 7) is 0.878. The van der Waals surface area contributed by atoms with Crippen molar-refractivity contribution in [2.75, 3.05) is 20.3 Å². The van der Waals surface area contributed by atoms with Crippen LogP contribution in [0, 0.1) is 0 Å². The fourth-order valence-electron chi connectivity index (χ4n) is 5.74. The minimum atomic E-state index is -1.72. The minimum Gasteiger partial charge on any atom is -0.469 e. The quantitative estimate of drug-likeness (QED) is 0.0655. The molecule has 0 aliphatic carbocycles. The van der Waals surface area contributed by atoms with E-state index in [1.54, 1.807) is 0 Å². The van der Waals surface area contributed by atoms with Gasteiger partial charge in [-0.3, -0.25) is 4.79 Å². The summed E-state index contributed by atoms with van der Waals surface area (Å²) >= 11 is 0. The maximum Gasteiger partial charge on any atom is 0.305 e. The van der Waals surface area contributed by atoms with Gasteiger partial charge in [-0.05, 0) is 19.3 Å². The number of hydrogen-bond acceptors (Lipinski definition) is 13. The highest BCUT2D eigenvalue weighted by Crippen LogP contribution is 2.31. The van der Waals surface area contributed by atoms with Crippen LogP contribution in [0.4, 0.5) is 0 Å². The summed E-state index contributed by atoms with van der Waals surface area (Å²) in [5, 5.41) is 71.8. The smallest absolute Gasteiger partial charge is 0.305 e. The van der Waals surface area contributed by atoms with Crippen molar-refractivity contribution in [2.45, 2.75) is 171 Å². The number of rotatable bonds is 22. The van der Waals surface area contributed by atoms with Gasteiger partial charge in [0.05, 0.1) is 26.4 Å². The Morgan fingerprint density at radius 2 is 1.18 bits per heavy atom. The lowest BCUT2D eigenvalue weighted by Gasteiger charge is -2.46. The minimum absolute atomic E-state index is 0.162. The molecule has 13 nitrogen and oxygen atoms in total. The van der Waals surface area contributed by atoms with E-state index < -0.39 is 74.6 Å². The second-order valence-corrected chi connectivity index (χ2v) is 12.1. The average molecular weight is 639 g/mol. The SMILES string of the molecule is CCCCCCC(CCCCCCCCCCC(=O)OC)O[C@@H]1O[C@H](CO)[C@@H](O[C@@H]2O[C@H](CO)[C@@H](O)[C@H](O)[C@H]2O)[C@H](O)[C@H]1O. The number of methoxy groups -OCH3 is 1. The van der Waals surface area contributed by atoms with Crippen molar-refractivity contribution in [3.05, 3.63) is 0 Å². The van der Waals surface area contributed by atoms with Crippen LogP contribution in [0.2, 0.25) is 0 Å². The van der Waals surface area contributed by atoms with E-state index in [0.717, 1.165) is 89.9 Å². The number of unbranched alkanes of at least 4 members (excludes halogenated alkanes) is 10. The van der Waals surface area contributed by atoms with E-state index in [4.69, 9.17) is 18.9 Å². The summed E-state index contributed by atoms with van der Waals surface area (Å²) in [6, 6.07) is 0. The number of carbonyl (C=O) groups excluding carboxylic acids is 1. The Morgan fingerprint density at radius 1 is 0.659 bits per heavy atom. The molecular formula is C31H58O13. The number of aliphatic hydroxyl groups excluding tert-OH is 7. The average Bonchev–Trinajstić information content (AvgIpc) is 3.03. The number of carbonyl (C=O) groups is 1. The molecule has 0 saturated carbocycles. The van der Waals surface area contributed by atoms with Gasteiger partial charge in [-0.1, -0.05) is 77.6 Å². The number of esters is 1. The second-order valence-electron chi connectivity index (χ2n) is 12.1. The van der Waals surface area contributed by atoms with E-state index in [9.17, 15) is 40.5 Å². The zero-order valence-electron chi connectivity index (χ0n) is 26.5. The van der Waals surface area contributed by atoms with Gasteiger partial charge in [0, 0.05) is 6.42 Å². The Hall–Kier alpha value is -0.970. The van der Waals surface area contributed by atoms with Crippen LogP contribution in [-0.4, -0.2) is 130 Å². The van der Waals surface area contributed by atoms with Crippen LogP contribution in [0.1, 0.15) is 103 Å². The molecule has 7 N–H and O–H groups in total. The lowest BCUT2D eigenvalue weighted by atomic mass is 9.96. The van der Waals surface area contributed by atoms with E-state index in [-0.39, 0.29) is 12.1 Å². The third kappa shape index (κ3) is 12.7. The predicted molar refractivity (Wildman–Crippen MR) is 158 cm³/mol. The van der Waals surface area contributed by atoms with E-state index in [1.165, 1.54) is 7.11 Å². The van der Waals surface area contributed by atoms with Crippen LogP contribution in [0.3, 0.4) is 0 Å². The largest absolute Gasteiger partial charge is 0.469 e. The highest BCUT2D eigenvalue weighted by atomic mass is 16.7. The van der Waals surface area contributed by atoms with Crippen LogP contribution < -0.4 is 0 Å². The summed E-state index contributed by atoms with van der Waals surface area (Å²) < 4.78 is 27.7. The van der Waals surface area contributed by atoms with Crippen molar-refractivity contribution >= 4 is 5.97 Å². The second kappa shape index (κ2) is 21.8. The lowest BCUT2D eigenvalue weighted by molar-refractivity contribution is -0.363. The molecule has 260 valence electrons. The molecule has 13 heteroatoms. The monoisotopic (exact) mass is 638 g/mol. The van der Waals surface area contributed by atoms with Crippen molar-refractivity contribution < 1.29 is 64.2 Å². The topological polar surface area (TPSA) is 205 Å². The maximum atomic E-state index is 11.2. The normalized spacial score (nSPS) is 33.3. The standard InChI is InChI=1S/C31H58O13/c1-3-4-5-12-15-20(16-13-10-8-6-7-9-11-14-17-23(34)40-2)41-30-28(39)26(37)29(22(19-33)43-30)44-31-27(38)25(36)24(35)21(18-32)42-31/h20-22,24-33,35-39H,3-19H2,1-2H3/t20?,21-,22-,24-,25+,26-,27-,28-,29-,30-,31+/m1/s1. The summed E-state index contributed by atoms with van der Waals surface area (Å²) in [5.41, 5.74) is 0. The third-order valence-electron chi connectivity index (χ3n) is 8.55. The molecule has 0 amide bonds. The van der Waals surface area contributed by atoms with Crippen molar-refractivity contribution in [3.8, 4) is 0 Å². The molecule has 0 spiro atoms. The molecule has 1 unspecified atom stereocenters. The van der Waals surface area contributed by atoms with Gasteiger partial charge in [0.25, 0.3) is 0 Å². The van der Waals surface area contributed by atoms with E-state index in [2.05, 4.69) is 11.7 Å². The van der Waals surface area contributed by atoms with E-state index >= 15 is 0 Å². The fraction of sp³-hybridized carbons (Fsp3) is 0.968. The first kappa shape index (κ1) is 39.2. The van der Waals surface area contributed by atoms with Crippen LogP contribution in [-0.2, 0) is 28.5 Å². The Bertz CT molecular complexity index is 754. The first-order valence-corrected chi connectivity index (χ1v) is 16.5. The molecule has 0 radical (unpaired) electrons. The molecule has 2 aliphatic heterocycles. The van der Waals surface area contributed by atoms with Gasteiger partial charge in [-0.25, -0.2) is 0 Å². The van der Waals surface area contributed by atoms with Crippen LogP contribution >= 0.6 is 0 Å². The first-order chi connectivity index (χ1) is 21.2. The summed E-state index contributed by atoms with van der Waals surface area (Å²) in [4.78, 5) is 11.2. The third-order valence-corrected chi connectivity index (χ3v) is 8.55. The van der Waals surface area contributed by atoms with Gasteiger partial charge in [0.1, 0.15) is 48.8 Å². The molecule has 11 atom stereocenters. The number of ether oxygens (including phenoxy) is 5. The van der Waals surface area contributed by atoms with Gasteiger partial charge in [0.2, 0.25) is 0 Å². The van der Waals surface area contributed by atoms with Crippen molar-refractivity contribution in [1.82, 2.24) is 0 Å². The highest BCUT2D eigenvalue weighted by Gasteiger charge is 2.51. The molecule has 2 rings (SSSR count). The maximum absolute atomic E-state index is 11.2. The van der Waals surface area contributed by atoms with E-state index in [1.807, 2.05) is 0 Å². The van der Waals surface area contributed by atoms with Gasteiger partial charge < -0.3 is 59.4 Å². The molecule has 2 fully saturated rings. The molecule has 0 aromatic rings. The van der Waals surface area contributed by atoms with Gasteiger partial charge >= 0.3 is 5.97 Å². The predicted octanol–water partition coefficient (Wildman–Crippen LogP) is 1.04. The number of aliphatic hydroxyl groups is 7. The summed E-state index contributed by atoms with van der Waals surface area (Å²) in [7, 11) is 1.41. The number of hydrogen-bond donors (Lipinski definition) is 7. The van der Waals surface area contributed by atoms with Crippen molar-refractivity contribution in [1.29, 1.82) is 0 Å². The Morgan fingerprint density at radius 3 is 1.75 bits per heavy atom. The lowest BCUT2D eigenvalue weighted by Crippen LogP contribution is -2.64. The van der Waals surface area contributed by atoms with E-state index in [0.29, 0.717) is 6.42 Å². The molecule has 2 saturated heterocycles. The zero-order chi connectivity index (χ0) is 32.5. The van der Waals surface area contributed by atoms with Gasteiger partial charge in [-0.15, -0.1) is 0 Å². The van der Waals surface area contributed by atoms with Crippen LogP contribution in [0.15, 0.2) is 0 Å². The van der Waals surface area contributed by atoms with Crippen LogP contribution in [0.25, 0.3) is 0 Å². The van der Waals surface area contributed by atoms with Gasteiger partial charge in [0.15, 0.2) is 12.6 Å². The Kier molecular flexibility index (Phi) is 19.4. The van der Waals surface area contributed by atoms with Crippen LogP contribution in [0.5, 0.6) is 0 Å². The molecule has 2 aliphatic rings.